The van der Waals surface area contributed by atoms with E-state index in [0.717, 1.165) is 5.56 Å². The van der Waals surface area contributed by atoms with E-state index >= 15 is 0 Å². The molecular weight excluding hydrogens is 267 g/mol. The van der Waals surface area contributed by atoms with Gasteiger partial charge in [0, 0.05) is 6.20 Å². The van der Waals surface area contributed by atoms with Crippen molar-refractivity contribution in [2.45, 2.75) is 19.2 Å². The molecule has 1 atom stereocenters. The zero-order valence-electron chi connectivity index (χ0n) is 7.84. The first-order valence-corrected chi connectivity index (χ1v) is 5.30. The van der Waals surface area contributed by atoms with Gasteiger partial charge in [-0.2, -0.15) is 0 Å². The van der Waals surface area contributed by atoms with Crippen LogP contribution in [0.15, 0.2) is 16.9 Å². The molecule has 1 aromatic heterocycles. The molecule has 1 rings (SSSR count). The topological polar surface area (TPSA) is 42.0 Å². The van der Waals surface area contributed by atoms with Gasteiger partial charge in [-0.15, -0.1) is 11.6 Å². The molecule has 1 aromatic rings. The van der Waals surface area contributed by atoms with Crippen molar-refractivity contribution in [1.29, 1.82) is 0 Å². The zero-order valence-corrected chi connectivity index (χ0v) is 10.2. The van der Waals surface area contributed by atoms with Crippen LogP contribution in [0.25, 0.3) is 0 Å². The molecule has 0 saturated heterocycles. The summed E-state index contributed by atoms with van der Waals surface area (Å²) in [7, 11) is 0. The molecule has 0 saturated carbocycles. The molecule has 0 aliphatic carbocycles. The minimum absolute atomic E-state index is 0.236. The van der Waals surface area contributed by atoms with Crippen molar-refractivity contribution in [3.8, 4) is 0 Å². The van der Waals surface area contributed by atoms with Gasteiger partial charge < -0.3 is 5.32 Å². The van der Waals surface area contributed by atoms with Crippen LogP contribution in [-0.4, -0.2) is 16.3 Å². The van der Waals surface area contributed by atoms with Crippen molar-refractivity contribution in [2.24, 2.45) is 0 Å². The molecule has 14 heavy (non-hydrogen) atoms. The number of hydrogen-bond acceptors (Lipinski definition) is 2. The second kappa shape index (κ2) is 4.75. The van der Waals surface area contributed by atoms with Gasteiger partial charge in [0.05, 0.1) is 5.69 Å². The minimum atomic E-state index is -0.553. The molecule has 1 heterocycles. The first-order chi connectivity index (χ1) is 6.50. The quantitative estimate of drug-likeness (QED) is 0.667. The normalized spacial score (nSPS) is 12.3. The van der Waals surface area contributed by atoms with Gasteiger partial charge in [0.15, 0.2) is 0 Å². The molecule has 1 unspecified atom stereocenters. The number of pyridine rings is 1. The summed E-state index contributed by atoms with van der Waals surface area (Å²) in [4.78, 5) is 15.3. The summed E-state index contributed by atoms with van der Waals surface area (Å²) in [5.74, 6) is -0.236. The van der Waals surface area contributed by atoms with E-state index in [-0.39, 0.29) is 5.91 Å². The Morgan fingerprint density at radius 1 is 1.71 bits per heavy atom. The highest BCUT2D eigenvalue weighted by atomic mass is 79.9. The highest BCUT2D eigenvalue weighted by Gasteiger charge is 2.11. The fourth-order valence-corrected chi connectivity index (χ4v) is 1.24. The fraction of sp³-hybridized carbons (Fsp3) is 0.333. The molecule has 3 nitrogen and oxygen atoms in total. The molecule has 0 aliphatic heterocycles. The van der Waals surface area contributed by atoms with Crippen molar-refractivity contribution in [3.05, 3.63) is 22.4 Å². The predicted molar refractivity (Wildman–Crippen MR) is 60.6 cm³/mol. The average molecular weight is 278 g/mol. The van der Waals surface area contributed by atoms with Gasteiger partial charge in [0.1, 0.15) is 9.98 Å². The van der Waals surface area contributed by atoms with E-state index in [9.17, 15) is 4.79 Å². The molecule has 0 spiro atoms. The number of alkyl halides is 1. The van der Waals surface area contributed by atoms with Crippen molar-refractivity contribution in [1.82, 2.24) is 4.98 Å². The molecule has 1 amide bonds. The lowest BCUT2D eigenvalue weighted by molar-refractivity contribution is -0.115. The summed E-state index contributed by atoms with van der Waals surface area (Å²) in [6.07, 6.45) is 1.71. The number of carbonyl (C=O) groups is 1. The molecule has 0 aromatic carbocycles. The number of nitrogens with one attached hydrogen (secondary N) is 1. The fourth-order valence-electron chi connectivity index (χ4n) is 0.872. The highest BCUT2D eigenvalue weighted by molar-refractivity contribution is 9.10. The molecule has 0 fully saturated rings. The molecule has 0 radical (unpaired) electrons. The van der Waals surface area contributed by atoms with E-state index in [1.54, 1.807) is 13.1 Å². The molecular formula is C9H10BrClN2O. The van der Waals surface area contributed by atoms with E-state index in [1.165, 1.54) is 0 Å². The van der Waals surface area contributed by atoms with Gasteiger partial charge in [-0.05, 0) is 41.4 Å². The third-order valence-corrected chi connectivity index (χ3v) is 2.43. The van der Waals surface area contributed by atoms with Crippen LogP contribution in [-0.2, 0) is 4.79 Å². The van der Waals surface area contributed by atoms with Crippen LogP contribution >= 0.6 is 27.5 Å². The van der Waals surface area contributed by atoms with Crippen LogP contribution in [0.4, 0.5) is 5.69 Å². The number of halogens is 2. The van der Waals surface area contributed by atoms with Crippen molar-refractivity contribution in [2.75, 3.05) is 5.32 Å². The third-order valence-electron chi connectivity index (χ3n) is 1.59. The van der Waals surface area contributed by atoms with E-state index in [1.807, 2.05) is 13.0 Å². The van der Waals surface area contributed by atoms with Gasteiger partial charge in [0.25, 0.3) is 0 Å². The summed E-state index contributed by atoms with van der Waals surface area (Å²) in [6.45, 7) is 3.52. The Labute approximate surface area is 96.0 Å². The van der Waals surface area contributed by atoms with Crippen molar-refractivity contribution >= 4 is 39.1 Å². The van der Waals surface area contributed by atoms with Crippen LogP contribution in [0.1, 0.15) is 12.5 Å². The SMILES string of the molecule is Cc1cnc(Br)c(NC(=O)C(C)Cl)c1. The second-order valence-corrected chi connectivity index (χ2v) is 4.36. The maximum absolute atomic E-state index is 11.3. The van der Waals surface area contributed by atoms with E-state index in [4.69, 9.17) is 11.6 Å². The van der Waals surface area contributed by atoms with Gasteiger partial charge in [-0.25, -0.2) is 4.98 Å². The van der Waals surface area contributed by atoms with Gasteiger partial charge in [-0.1, -0.05) is 0 Å². The monoisotopic (exact) mass is 276 g/mol. The van der Waals surface area contributed by atoms with Crippen molar-refractivity contribution < 1.29 is 4.79 Å². The summed E-state index contributed by atoms with van der Waals surface area (Å²) >= 11 is 8.86. The summed E-state index contributed by atoms with van der Waals surface area (Å²) in [6, 6.07) is 1.83. The van der Waals surface area contributed by atoms with Gasteiger partial charge in [0.2, 0.25) is 5.91 Å². The summed E-state index contributed by atoms with van der Waals surface area (Å²) in [5, 5.41) is 2.12. The number of anilines is 1. The standard InChI is InChI=1S/C9H10BrClN2O/c1-5-3-7(8(10)12-4-5)13-9(14)6(2)11/h3-4,6H,1-2H3,(H,13,14). The van der Waals surface area contributed by atoms with E-state index in [2.05, 4.69) is 26.2 Å². The Hall–Kier alpha value is -0.610. The Kier molecular flexibility index (Phi) is 3.89. The smallest absolute Gasteiger partial charge is 0.242 e. The average Bonchev–Trinajstić information content (AvgIpc) is 2.11. The van der Waals surface area contributed by atoms with E-state index < -0.39 is 5.38 Å². The number of carbonyl (C=O) groups excluding carboxylic acids is 1. The number of amides is 1. The molecule has 5 heteroatoms. The summed E-state index contributed by atoms with van der Waals surface area (Å²) in [5.41, 5.74) is 1.62. The minimum Gasteiger partial charge on any atom is -0.322 e. The van der Waals surface area contributed by atoms with Crippen LogP contribution in [0, 0.1) is 6.92 Å². The first-order valence-electron chi connectivity index (χ1n) is 4.08. The number of aromatic nitrogens is 1. The Bertz CT molecular complexity index is 355. The molecule has 0 bridgehead atoms. The molecule has 0 aliphatic rings. The van der Waals surface area contributed by atoms with Gasteiger partial charge >= 0.3 is 0 Å². The third kappa shape index (κ3) is 2.96. The van der Waals surface area contributed by atoms with Crippen LogP contribution < -0.4 is 5.32 Å². The Morgan fingerprint density at radius 2 is 2.36 bits per heavy atom. The Morgan fingerprint density at radius 3 is 2.93 bits per heavy atom. The first kappa shape index (κ1) is 11.5. The maximum atomic E-state index is 11.3. The lowest BCUT2D eigenvalue weighted by Crippen LogP contribution is -2.20. The van der Waals surface area contributed by atoms with Crippen LogP contribution in [0.2, 0.25) is 0 Å². The van der Waals surface area contributed by atoms with Crippen LogP contribution in [0.3, 0.4) is 0 Å². The summed E-state index contributed by atoms with van der Waals surface area (Å²) < 4.78 is 0.605. The zero-order chi connectivity index (χ0) is 10.7. The lowest BCUT2D eigenvalue weighted by Gasteiger charge is -2.08. The number of aryl methyl sites for hydroxylation is 1. The van der Waals surface area contributed by atoms with Crippen LogP contribution in [0.5, 0.6) is 0 Å². The number of rotatable bonds is 2. The van der Waals surface area contributed by atoms with E-state index in [0.29, 0.717) is 10.3 Å². The number of nitrogens with zero attached hydrogens (tertiary/aromatic N) is 1. The van der Waals surface area contributed by atoms with Crippen molar-refractivity contribution in [3.63, 3.8) is 0 Å². The second-order valence-electron chi connectivity index (χ2n) is 2.96. The lowest BCUT2D eigenvalue weighted by atomic mass is 10.3. The highest BCUT2D eigenvalue weighted by Crippen LogP contribution is 2.20. The number of hydrogen-bond donors (Lipinski definition) is 1. The molecule has 76 valence electrons. The predicted octanol–water partition coefficient (Wildman–Crippen LogP) is 2.72. The Balaban J connectivity index is 2.86. The maximum Gasteiger partial charge on any atom is 0.242 e. The largest absolute Gasteiger partial charge is 0.322 e. The van der Waals surface area contributed by atoms with Gasteiger partial charge in [-0.3, -0.25) is 4.79 Å². The molecule has 1 N–H and O–H groups in total.